The van der Waals surface area contributed by atoms with Crippen molar-refractivity contribution in [2.45, 2.75) is 20.4 Å². The topological polar surface area (TPSA) is 100 Å². The van der Waals surface area contributed by atoms with E-state index in [1.807, 2.05) is 32.0 Å². The lowest BCUT2D eigenvalue weighted by Gasteiger charge is -2.12. The highest BCUT2D eigenvalue weighted by Gasteiger charge is 2.15. The Bertz CT molecular complexity index is 1370. The molecule has 32 heavy (non-hydrogen) atoms. The van der Waals surface area contributed by atoms with E-state index < -0.39 is 5.91 Å². The SMILES string of the molecule is COc1ccc(NC(=O)Cn2cnc3c(cnn3-c3ccc(C)cc3C)c2=O)c(OC)c1. The number of anilines is 1. The number of hydrogen-bond donors (Lipinski definition) is 1. The van der Waals surface area contributed by atoms with Crippen LogP contribution in [0.1, 0.15) is 11.1 Å². The quantitative estimate of drug-likeness (QED) is 0.502. The number of methoxy groups -OCH3 is 2. The zero-order valence-electron chi connectivity index (χ0n) is 18.2. The second-order valence-corrected chi connectivity index (χ2v) is 7.38. The monoisotopic (exact) mass is 433 g/mol. The van der Waals surface area contributed by atoms with E-state index in [1.54, 1.807) is 30.0 Å². The smallest absolute Gasteiger partial charge is 0.264 e. The van der Waals surface area contributed by atoms with Gasteiger partial charge in [-0.15, -0.1) is 0 Å². The fourth-order valence-electron chi connectivity index (χ4n) is 3.53. The third-order valence-corrected chi connectivity index (χ3v) is 5.13. The average Bonchev–Trinajstić information content (AvgIpc) is 3.20. The lowest BCUT2D eigenvalue weighted by Crippen LogP contribution is -2.28. The Kier molecular flexibility index (Phi) is 5.63. The van der Waals surface area contributed by atoms with E-state index in [2.05, 4.69) is 15.4 Å². The molecule has 0 aliphatic heterocycles. The summed E-state index contributed by atoms with van der Waals surface area (Å²) in [4.78, 5) is 29.9. The van der Waals surface area contributed by atoms with Crippen LogP contribution in [0.15, 0.2) is 53.7 Å². The molecule has 1 N–H and O–H groups in total. The van der Waals surface area contributed by atoms with Gasteiger partial charge in [0, 0.05) is 6.07 Å². The summed E-state index contributed by atoms with van der Waals surface area (Å²) >= 11 is 0. The molecular formula is C23H23N5O4. The number of rotatable bonds is 6. The lowest BCUT2D eigenvalue weighted by atomic mass is 10.1. The zero-order chi connectivity index (χ0) is 22.8. The minimum Gasteiger partial charge on any atom is -0.497 e. The largest absolute Gasteiger partial charge is 0.497 e. The van der Waals surface area contributed by atoms with Gasteiger partial charge < -0.3 is 14.8 Å². The first-order valence-electron chi connectivity index (χ1n) is 9.94. The molecule has 0 atom stereocenters. The molecule has 2 heterocycles. The molecule has 9 nitrogen and oxygen atoms in total. The standard InChI is InChI=1S/C23H23N5O4/c1-14-5-8-19(15(2)9-14)28-22-17(11-25-28)23(30)27(13-24-22)12-21(29)26-18-7-6-16(31-3)10-20(18)32-4/h5-11,13H,12H2,1-4H3,(H,26,29). The number of benzene rings is 2. The Morgan fingerprint density at radius 1 is 1.09 bits per heavy atom. The van der Waals surface area contributed by atoms with E-state index in [9.17, 15) is 9.59 Å². The second kappa shape index (κ2) is 8.54. The minimum atomic E-state index is -0.390. The van der Waals surface area contributed by atoms with E-state index in [4.69, 9.17) is 9.47 Å². The number of carbonyl (C=O) groups excluding carboxylic acids is 1. The number of ether oxygens (including phenoxy) is 2. The predicted octanol–water partition coefficient (Wildman–Crippen LogP) is 2.85. The first kappa shape index (κ1) is 21.1. The van der Waals surface area contributed by atoms with Crippen LogP contribution in [0.5, 0.6) is 11.5 Å². The van der Waals surface area contributed by atoms with Gasteiger partial charge in [0.2, 0.25) is 5.91 Å². The first-order valence-corrected chi connectivity index (χ1v) is 9.94. The van der Waals surface area contributed by atoms with Gasteiger partial charge in [-0.3, -0.25) is 14.2 Å². The average molecular weight is 433 g/mol. The summed E-state index contributed by atoms with van der Waals surface area (Å²) < 4.78 is 13.3. The molecule has 4 aromatic rings. The van der Waals surface area contributed by atoms with Crippen molar-refractivity contribution < 1.29 is 14.3 Å². The second-order valence-electron chi connectivity index (χ2n) is 7.38. The third kappa shape index (κ3) is 3.92. The maximum absolute atomic E-state index is 13.0. The zero-order valence-corrected chi connectivity index (χ0v) is 18.2. The van der Waals surface area contributed by atoms with Gasteiger partial charge in [0.15, 0.2) is 5.65 Å². The highest BCUT2D eigenvalue weighted by atomic mass is 16.5. The van der Waals surface area contributed by atoms with Crippen molar-refractivity contribution >= 4 is 22.6 Å². The van der Waals surface area contributed by atoms with Gasteiger partial charge in [-0.1, -0.05) is 17.7 Å². The van der Waals surface area contributed by atoms with Gasteiger partial charge in [-0.2, -0.15) is 5.10 Å². The van der Waals surface area contributed by atoms with Gasteiger partial charge in [0.05, 0.1) is 31.8 Å². The molecule has 0 saturated heterocycles. The molecule has 0 aliphatic carbocycles. The molecule has 1 amide bonds. The van der Waals surface area contributed by atoms with Crippen molar-refractivity contribution in [1.29, 1.82) is 0 Å². The van der Waals surface area contributed by atoms with Crippen LogP contribution in [-0.2, 0) is 11.3 Å². The summed E-state index contributed by atoms with van der Waals surface area (Å²) in [5, 5.41) is 7.44. The van der Waals surface area contributed by atoms with Crippen molar-refractivity contribution in [2.75, 3.05) is 19.5 Å². The Balaban J connectivity index is 1.60. The van der Waals surface area contributed by atoms with Crippen LogP contribution in [0.2, 0.25) is 0 Å². The molecule has 164 valence electrons. The fourth-order valence-corrected chi connectivity index (χ4v) is 3.53. The van der Waals surface area contributed by atoms with E-state index in [-0.39, 0.29) is 12.1 Å². The van der Waals surface area contributed by atoms with Crippen LogP contribution in [0.3, 0.4) is 0 Å². The molecule has 0 fully saturated rings. The normalized spacial score (nSPS) is 10.9. The van der Waals surface area contributed by atoms with Crippen LogP contribution in [-0.4, -0.2) is 39.5 Å². The molecule has 2 aromatic carbocycles. The Morgan fingerprint density at radius 2 is 1.91 bits per heavy atom. The molecule has 0 saturated carbocycles. The van der Waals surface area contributed by atoms with E-state index >= 15 is 0 Å². The predicted molar refractivity (Wildman–Crippen MR) is 121 cm³/mol. The summed E-state index contributed by atoms with van der Waals surface area (Å²) in [5.41, 5.74) is 3.58. The summed E-state index contributed by atoms with van der Waals surface area (Å²) in [6.45, 7) is 3.79. The maximum Gasteiger partial charge on any atom is 0.264 e. The number of aromatic nitrogens is 4. The summed E-state index contributed by atoms with van der Waals surface area (Å²) in [5.74, 6) is 0.665. The number of aryl methyl sites for hydroxylation is 2. The molecule has 4 rings (SSSR count). The Hall–Kier alpha value is -4.14. The number of carbonyl (C=O) groups is 1. The summed E-state index contributed by atoms with van der Waals surface area (Å²) in [6, 6.07) is 11.0. The number of nitrogens with one attached hydrogen (secondary N) is 1. The molecular weight excluding hydrogens is 410 g/mol. The maximum atomic E-state index is 13.0. The van der Waals surface area contributed by atoms with Crippen LogP contribution in [0.25, 0.3) is 16.7 Å². The van der Waals surface area contributed by atoms with Crippen molar-refractivity contribution in [3.8, 4) is 17.2 Å². The highest BCUT2D eigenvalue weighted by Crippen LogP contribution is 2.29. The van der Waals surface area contributed by atoms with Crippen LogP contribution in [0, 0.1) is 13.8 Å². The van der Waals surface area contributed by atoms with Crippen LogP contribution in [0.4, 0.5) is 5.69 Å². The van der Waals surface area contributed by atoms with Gasteiger partial charge >= 0.3 is 0 Å². The van der Waals surface area contributed by atoms with E-state index in [1.165, 1.54) is 24.2 Å². The number of hydrogen-bond acceptors (Lipinski definition) is 6. The summed E-state index contributed by atoms with van der Waals surface area (Å²) in [7, 11) is 3.05. The molecule has 0 aliphatic rings. The number of nitrogens with zero attached hydrogens (tertiary/aromatic N) is 4. The lowest BCUT2D eigenvalue weighted by molar-refractivity contribution is -0.116. The van der Waals surface area contributed by atoms with Gasteiger partial charge in [0.25, 0.3) is 5.56 Å². The summed E-state index contributed by atoms with van der Waals surface area (Å²) in [6.07, 6.45) is 2.84. The first-order chi connectivity index (χ1) is 15.4. The molecule has 0 spiro atoms. The van der Waals surface area contributed by atoms with Gasteiger partial charge in [-0.05, 0) is 37.6 Å². The molecule has 9 heteroatoms. The van der Waals surface area contributed by atoms with Crippen molar-refractivity contribution in [1.82, 2.24) is 19.3 Å². The Morgan fingerprint density at radius 3 is 2.62 bits per heavy atom. The van der Waals surface area contributed by atoms with Crippen molar-refractivity contribution in [3.05, 3.63) is 70.4 Å². The van der Waals surface area contributed by atoms with Crippen molar-refractivity contribution in [3.63, 3.8) is 0 Å². The van der Waals surface area contributed by atoms with Crippen molar-refractivity contribution in [2.24, 2.45) is 0 Å². The molecule has 0 unspecified atom stereocenters. The van der Waals surface area contributed by atoms with Crippen LogP contribution >= 0.6 is 0 Å². The highest BCUT2D eigenvalue weighted by molar-refractivity contribution is 5.92. The number of amides is 1. The van der Waals surface area contributed by atoms with Gasteiger partial charge in [-0.25, -0.2) is 9.67 Å². The molecule has 2 aromatic heterocycles. The molecule has 0 radical (unpaired) electrons. The third-order valence-electron chi connectivity index (χ3n) is 5.13. The van der Waals surface area contributed by atoms with E-state index in [0.717, 1.165) is 16.8 Å². The van der Waals surface area contributed by atoms with Gasteiger partial charge in [0.1, 0.15) is 29.8 Å². The molecule has 0 bridgehead atoms. The Labute approximate surface area is 184 Å². The van der Waals surface area contributed by atoms with E-state index in [0.29, 0.717) is 28.2 Å². The van der Waals surface area contributed by atoms with Crippen LogP contribution < -0.4 is 20.3 Å². The fraction of sp³-hybridized carbons (Fsp3) is 0.217. The minimum absolute atomic E-state index is 0.203. The number of fused-ring (bicyclic) bond motifs is 1.